The van der Waals surface area contributed by atoms with Gasteiger partial charge in [0, 0.05) is 31.4 Å². The Labute approximate surface area is 267 Å². The van der Waals surface area contributed by atoms with E-state index in [1.807, 2.05) is 66.3 Å². The zero-order chi connectivity index (χ0) is 33.6. The van der Waals surface area contributed by atoms with Crippen molar-refractivity contribution >= 4 is 35.6 Å². The molecule has 0 aliphatic rings. The van der Waals surface area contributed by atoms with Gasteiger partial charge in [-0.15, -0.1) is 0 Å². The molecule has 1 heterocycles. The second-order valence-corrected chi connectivity index (χ2v) is 13.7. The molecule has 0 aliphatic heterocycles. The average molecular weight is 641 g/mol. The predicted octanol–water partition coefficient (Wildman–Crippen LogP) is 2.91. The number of imidazole rings is 1. The molecule has 5 N–H and O–H groups in total. The quantitative estimate of drug-likeness (QED) is 0.154. The maximum absolute atomic E-state index is 13.4. The van der Waals surface area contributed by atoms with Crippen molar-refractivity contribution < 1.29 is 29.0 Å². The third-order valence-electron chi connectivity index (χ3n) is 7.36. The van der Waals surface area contributed by atoms with Gasteiger partial charge in [0.25, 0.3) is 0 Å². The second kappa shape index (κ2) is 19.6. The van der Waals surface area contributed by atoms with Crippen molar-refractivity contribution in [1.29, 1.82) is 0 Å². The van der Waals surface area contributed by atoms with Crippen LogP contribution in [0.4, 0.5) is 4.79 Å². The molecule has 12 nitrogen and oxygen atoms in total. The standard InChI is InChI=1S/C31H56N6O6S/c1-18(2)13-24(25(38)14-21(7)28(39)36-27(20(5)6)30(41)33-15-19(3)4)34-29(40)23(11-12-44-10)35-31(42)43-17-26-32-16-22(8)37(26)9/h16,18-21,23-25,27,38H,11-15,17H2,1-10H3,(H,33,41)(H,34,40)(H,35,42)(H,36,39)/t21-,23+,24+,25+,27+/m1/s1. The monoisotopic (exact) mass is 640 g/mol. The van der Waals surface area contributed by atoms with Crippen LogP contribution in [0.3, 0.4) is 0 Å². The van der Waals surface area contributed by atoms with Gasteiger partial charge < -0.3 is 35.7 Å². The van der Waals surface area contributed by atoms with E-state index in [1.54, 1.807) is 24.9 Å². The molecule has 0 saturated carbocycles. The highest BCUT2D eigenvalue weighted by Gasteiger charge is 2.31. The topological polar surface area (TPSA) is 164 Å². The molecule has 13 heteroatoms. The fourth-order valence-corrected chi connectivity index (χ4v) is 4.95. The molecule has 4 amide bonds. The number of aliphatic hydroxyl groups excluding tert-OH is 1. The van der Waals surface area contributed by atoms with Gasteiger partial charge in [-0.3, -0.25) is 14.4 Å². The number of aryl methyl sites for hydroxylation is 1. The van der Waals surface area contributed by atoms with E-state index in [0.717, 1.165) is 5.69 Å². The largest absolute Gasteiger partial charge is 0.441 e. The Morgan fingerprint density at radius 2 is 1.61 bits per heavy atom. The fraction of sp³-hybridized carbons (Fsp3) is 0.774. The van der Waals surface area contributed by atoms with Crippen LogP contribution in [0.1, 0.15) is 79.2 Å². The molecular weight excluding hydrogens is 584 g/mol. The van der Waals surface area contributed by atoms with Crippen molar-refractivity contribution in [3.05, 3.63) is 17.7 Å². The molecule has 0 radical (unpaired) electrons. The summed E-state index contributed by atoms with van der Waals surface area (Å²) in [7, 11) is 1.83. The number of aliphatic hydroxyl groups is 1. The molecule has 1 rings (SSSR count). The highest BCUT2D eigenvalue weighted by molar-refractivity contribution is 7.98. The smallest absolute Gasteiger partial charge is 0.408 e. The number of thioether (sulfide) groups is 1. The molecule has 0 fully saturated rings. The molecule has 0 bridgehead atoms. The lowest BCUT2D eigenvalue weighted by molar-refractivity contribution is -0.132. The molecule has 252 valence electrons. The van der Waals surface area contributed by atoms with Gasteiger partial charge in [-0.05, 0) is 55.9 Å². The minimum Gasteiger partial charge on any atom is -0.441 e. The van der Waals surface area contributed by atoms with Gasteiger partial charge in [0.15, 0.2) is 6.61 Å². The average Bonchev–Trinajstić information content (AvgIpc) is 3.26. The van der Waals surface area contributed by atoms with Gasteiger partial charge in [-0.2, -0.15) is 11.8 Å². The molecular formula is C31H56N6O6S. The Morgan fingerprint density at radius 3 is 2.14 bits per heavy atom. The van der Waals surface area contributed by atoms with Gasteiger partial charge in [-0.25, -0.2) is 9.78 Å². The third kappa shape index (κ3) is 13.9. The summed E-state index contributed by atoms with van der Waals surface area (Å²) in [4.78, 5) is 56.0. The number of nitrogens with one attached hydrogen (secondary N) is 4. The van der Waals surface area contributed by atoms with Crippen molar-refractivity contribution in [2.24, 2.45) is 30.7 Å². The summed E-state index contributed by atoms with van der Waals surface area (Å²) in [5.41, 5.74) is 0.926. The number of ether oxygens (including phenoxy) is 1. The number of carbonyl (C=O) groups excluding carboxylic acids is 4. The van der Waals surface area contributed by atoms with E-state index in [9.17, 15) is 24.3 Å². The van der Waals surface area contributed by atoms with Gasteiger partial charge in [0.2, 0.25) is 17.7 Å². The predicted molar refractivity (Wildman–Crippen MR) is 174 cm³/mol. The summed E-state index contributed by atoms with van der Waals surface area (Å²) in [5, 5.41) is 22.5. The molecule has 1 aromatic rings. The Balaban J connectivity index is 2.89. The van der Waals surface area contributed by atoms with Gasteiger partial charge >= 0.3 is 6.09 Å². The molecule has 0 aliphatic carbocycles. The van der Waals surface area contributed by atoms with E-state index >= 15 is 0 Å². The molecule has 1 aromatic heterocycles. The second-order valence-electron chi connectivity index (χ2n) is 12.7. The molecule has 5 atom stereocenters. The van der Waals surface area contributed by atoms with Gasteiger partial charge in [0.1, 0.15) is 17.9 Å². The van der Waals surface area contributed by atoms with Crippen LogP contribution >= 0.6 is 11.8 Å². The number of carbonyl (C=O) groups is 4. The van der Waals surface area contributed by atoms with Crippen molar-refractivity contribution in [2.45, 2.75) is 105 Å². The Bertz CT molecular complexity index is 1060. The minimum atomic E-state index is -1.03. The lowest BCUT2D eigenvalue weighted by atomic mass is 9.91. The van der Waals surface area contributed by atoms with Crippen LogP contribution in [0, 0.1) is 30.6 Å². The lowest BCUT2D eigenvalue weighted by Crippen LogP contribution is -2.54. The van der Waals surface area contributed by atoms with Crippen LogP contribution in [-0.2, 0) is 32.8 Å². The lowest BCUT2D eigenvalue weighted by Gasteiger charge is -2.30. The highest BCUT2D eigenvalue weighted by atomic mass is 32.2. The normalized spacial score (nSPS) is 15.0. The third-order valence-corrected chi connectivity index (χ3v) is 8.00. The number of nitrogens with zero attached hydrogens (tertiary/aromatic N) is 2. The van der Waals surface area contributed by atoms with Crippen molar-refractivity contribution in [1.82, 2.24) is 30.8 Å². The molecule has 0 unspecified atom stereocenters. The van der Waals surface area contributed by atoms with Crippen molar-refractivity contribution in [2.75, 3.05) is 18.6 Å². The fourth-order valence-electron chi connectivity index (χ4n) is 4.48. The highest BCUT2D eigenvalue weighted by Crippen LogP contribution is 2.17. The molecule has 0 spiro atoms. The summed E-state index contributed by atoms with van der Waals surface area (Å²) in [6.45, 7) is 15.7. The summed E-state index contributed by atoms with van der Waals surface area (Å²) < 4.78 is 7.14. The number of aromatic nitrogens is 2. The van der Waals surface area contributed by atoms with Gasteiger partial charge in [0.05, 0.1) is 12.1 Å². The van der Waals surface area contributed by atoms with Crippen LogP contribution in [0.15, 0.2) is 6.20 Å². The number of amides is 4. The maximum Gasteiger partial charge on any atom is 0.408 e. The number of hydrogen-bond acceptors (Lipinski definition) is 8. The van der Waals surface area contributed by atoms with E-state index in [2.05, 4.69) is 26.3 Å². The van der Waals surface area contributed by atoms with E-state index in [0.29, 0.717) is 31.0 Å². The van der Waals surface area contributed by atoms with Gasteiger partial charge in [-0.1, -0.05) is 48.5 Å². The minimum absolute atomic E-state index is 0.0429. The molecule has 44 heavy (non-hydrogen) atoms. The Morgan fingerprint density at radius 1 is 0.955 bits per heavy atom. The number of alkyl carbamates (subject to hydrolysis) is 1. The summed E-state index contributed by atoms with van der Waals surface area (Å²) in [5.74, 6) is -0.150. The first-order chi connectivity index (χ1) is 20.6. The van der Waals surface area contributed by atoms with Crippen molar-refractivity contribution in [3.8, 4) is 0 Å². The number of rotatable bonds is 19. The summed E-state index contributed by atoms with van der Waals surface area (Å²) in [6, 6.07) is -2.23. The first-order valence-corrected chi connectivity index (χ1v) is 16.9. The first kappa shape index (κ1) is 39.2. The Kier molecular flexibility index (Phi) is 17.4. The van der Waals surface area contributed by atoms with Crippen LogP contribution in [-0.4, -0.2) is 81.3 Å². The SMILES string of the molecule is CSCC[C@H](NC(=O)OCc1ncc(C)n1C)C(=O)N[C@@H](CC(C)C)[C@@H](O)C[C@@H](C)C(=O)N[C@H](C(=O)NCC(C)C)C(C)C. The van der Waals surface area contributed by atoms with E-state index < -0.39 is 42.1 Å². The van der Waals surface area contributed by atoms with Crippen LogP contribution in [0.5, 0.6) is 0 Å². The van der Waals surface area contributed by atoms with Crippen LogP contribution in [0.25, 0.3) is 0 Å². The zero-order valence-electron chi connectivity index (χ0n) is 28.2. The van der Waals surface area contributed by atoms with Crippen LogP contribution < -0.4 is 21.3 Å². The summed E-state index contributed by atoms with van der Waals surface area (Å²) in [6.07, 6.45) is 2.73. The van der Waals surface area contributed by atoms with E-state index in [4.69, 9.17) is 4.74 Å². The Hall–Kier alpha value is -2.80. The van der Waals surface area contributed by atoms with Crippen LogP contribution in [0.2, 0.25) is 0 Å². The zero-order valence-corrected chi connectivity index (χ0v) is 29.0. The maximum atomic E-state index is 13.4. The van der Waals surface area contributed by atoms with Crippen molar-refractivity contribution in [3.63, 3.8) is 0 Å². The van der Waals surface area contributed by atoms with E-state index in [-0.39, 0.29) is 42.6 Å². The van der Waals surface area contributed by atoms with E-state index in [1.165, 1.54) is 0 Å². The molecule has 0 aromatic carbocycles. The number of hydrogen-bond donors (Lipinski definition) is 5. The first-order valence-electron chi connectivity index (χ1n) is 15.5. The molecule has 0 saturated heterocycles. The summed E-state index contributed by atoms with van der Waals surface area (Å²) >= 11 is 1.54.